The first-order valence-corrected chi connectivity index (χ1v) is 12.4. The predicted molar refractivity (Wildman–Crippen MR) is 120 cm³/mol. The third kappa shape index (κ3) is 4.51. The minimum atomic E-state index is -3.64. The Labute approximate surface area is 188 Å². The van der Waals surface area contributed by atoms with Crippen LogP contribution in [0.1, 0.15) is 49.0 Å². The summed E-state index contributed by atoms with van der Waals surface area (Å²) in [5.41, 5.74) is 1.07. The molecule has 0 aromatic heterocycles. The molecule has 1 aliphatic carbocycles. The zero-order chi connectivity index (χ0) is 22.2. The number of nitrogens with zero attached hydrogens (tertiary/aromatic N) is 1. The summed E-state index contributed by atoms with van der Waals surface area (Å²) < 4.78 is 33.1. The number of rotatable bonds is 5. The highest BCUT2D eigenvalue weighted by molar-refractivity contribution is 7.89. The van der Waals surface area contributed by atoms with Gasteiger partial charge in [0.1, 0.15) is 0 Å². The molecule has 6 nitrogen and oxygen atoms in total. The van der Waals surface area contributed by atoms with Gasteiger partial charge in [0, 0.05) is 23.7 Å². The van der Waals surface area contributed by atoms with Crippen molar-refractivity contribution in [1.29, 1.82) is 0 Å². The highest BCUT2D eigenvalue weighted by atomic mass is 35.5. The quantitative estimate of drug-likeness (QED) is 0.730. The molecule has 2 aromatic carbocycles. The van der Waals surface area contributed by atoms with Gasteiger partial charge >= 0.3 is 0 Å². The third-order valence-corrected chi connectivity index (χ3v) is 8.19. The van der Waals surface area contributed by atoms with E-state index in [0.717, 1.165) is 24.8 Å². The Hall–Kier alpha value is -1.93. The molecule has 0 spiro atoms. The summed E-state index contributed by atoms with van der Waals surface area (Å²) in [5, 5.41) is 3.81. The number of halogens is 1. The number of hydrogen-bond acceptors (Lipinski definition) is 4. The van der Waals surface area contributed by atoms with Crippen LogP contribution in [0.3, 0.4) is 0 Å². The molecule has 31 heavy (non-hydrogen) atoms. The van der Waals surface area contributed by atoms with E-state index in [-0.39, 0.29) is 23.0 Å². The van der Waals surface area contributed by atoms with Crippen molar-refractivity contribution in [2.24, 2.45) is 0 Å². The van der Waals surface area contributed by atoms with Crippen molar-refractivity contribution in [3.8, 4) is 0 Å². The SMILES string of the molecule is CC1CN(S(=O)(=O)c2ccc(C(=O)NC3(c4ccc(Cl)cc4)CCC3)cc2)CC(C)O1. The second-order valence-corrected chi connectivity index (χ2v) is 10.9. The number of amides is 1. The van der Waals surface area contributed by atoms with Gasteiger partial charge in [-0.25, -0.2) is 8.42 Å². The fraction of sp³-hybridized carbons (Fsp3) is 0.435. The van der Waals surface area contributed by atoms with Crippen LogP contribution in [0.2, 0.25) is 5.02 Å². The molecule has 2 aliphatic rings. The van der Waals surface area contributed by atoms with Gasteiger partial charge in [-0.15, -0.1) is 0 Å². The van der Waals surface area contributed by atoms with Crippen LogP contribution < -0.4 is 5.32 Å². The molecule has 2 aromatic rings. The van der Waals surface area contributed by atoms with Crippen LogP contribution in [0, 0.1) is 0 Å². The molecule has 0 radical (unpaired) electrons. The third-order valence-electron chi connectivity index (χ3n) is 6.10. The first-order valence-electron chi connectivity index (χ1n) is 10.5. The first kappa shape index (κ1) is 22.3. The van der Waals surface area contributed by atoms with Crippen molar-refractivity contribution < 1.29 is 17.9 Å². The minimum absolute atomic E-state index is 0.157. The van der Waals surface area contributed by atoms with Gasteiger partial charge < -0.3 is 10.1 Å². The van der Waals surface area contributed by atoms with Crippen molar-refractivity contribution in [2.45, 2.75) is 55.8 Å². The Kier molecular flexibility index (Phi) is 6.14. The van der Waals surface area contributed by atoms with Crippen LogP contribution in [0.4, 0.5) is 0 Å². The van der Waals surface area contributed by atoms with Gasteiger partial charge in [0.05, 0.1) is 22.6 Å². The van der Waals surface area contributed by atoms with E-state index in [1.165, 1.54) is 16.4 Å². The summed E-state index contributed by atoms with van der Waals surface area (Å²) in [6.07, 6.45) is 2.45. The van der Waals surface area contributed by atoms with E-state index in [0.29, 0.717) is 23.7 Å². The molecule has 2 fully saturated rings. The smallest absolute Gasteiger partial charge is 0.251 e. The summed E-state index contributed by atoms with van der Waals surface area (Å²) in [5.74, 6) is -0.216. The number of morpholine rings is 1. The van der Waals surface area contributed by atoms with Crippen LogP contribution in [-0.2, 0) is 20.3 Å². The second kappa shape index (κ2) is 8.54. The number of carbonyl (C=O) groups excluding carboxylic acids is 1. The van der Waals surface area contributed by atoms with Gasteiger partial charge in [0.25, 0.3) is 5.91 Å². The first-order chi connectivity index (χ1) is 14.7. The number of sulfonamides is 1. The Morgan fingerprint density at radius 2 is 1.61 bits per heavy atom. The molecule has 1 saturated heterocycles. The van der Waals surface area contributed by atoms with Gasteiger partial charge in [-0.2, -0.15) is 4.31 Å². The van der Waals surface area contributed by atoms with Crippen LogP contribution in [-0.4, -0.2) is 43.9 Å². The standard InChI is InChI=1S/C23H27ClN2O4S/c1-16-14-26(15-17(2)30-16)31(28,29)21-10-4-18(5-11-21)22(27)25-23(12-3-13-23)19-6-8-20(24)9-7-19/h4-11,16-17H,3,12-15H2,1-2H3,(H,25,27). The van der Waals surface area contributed by atoms with E-state index in [9.17, 15) is 13.2 Å². The number of ether oxygens (including phenoxy) is 1. The summed E-state index contributed by atoms with van der Waals surface area (Å²) in [6, 6.07) is 13.7. The van der Waals surface area contributed by atoms with Crippen molar-refractivity contribution in [1.82, 2.24) is 9.62 Å². The molecule has 2 unspecified atom stereocenters. The van der Waals surface area contributed by atoms with Crippen molar-refractivity contribution in [2.75, 3.05) is 13.1 Å². The molecule has 1 heterocycles. The molecular formula is C23H27ClN2O4S. The number of benzene rings is 2. The van der Waals surface area contributed by atoms with Gasteiger partial charge in [0.15, 0.2) is 0 Å². The average Bonchev–Trinajstić information content (AvgIpc) is 2.71. The number of nitrogens with one attached hydrogen (secondary N) is 1. The maximum Gasteiger partial charge on any atom is 0.251 e. The monoisotopic (exact) mass is 462 g/mol. The number of carbonyl (C=O) groups is 1. The number of hydrogen-bond donors (Lipinski definition) is 1. The Morgan fingerprint density at radius 1 is 1.03 bits per heavy atom. The van der Waals surface area contributed by atoms with Crippen LogP contribution >= 0.6 is 11.6 Å². The summed E-state index contributed by atoms with van der Waals surface area (Å²) >= 11 is 6.00. The van der Waals surface area contributed by atoms with E-state index < -0.39 is 15.6 Å². The van der Waals surface area contributed by atoms with E-state index in [4.69, 9.17) is 16.3 Å². The molecule has 8 heteroatoms. The Balaban J connectivity index is 1.50. The zero-order valence-electron chi connectivity index (χ0n) is 17.7. The molecular weight excluding hydrogens is 436 g/mol. The van der Waals surface area contributed by atoms with Gasteiger partial charge in [0.2, 0.25) is 10.0 Å². The van der Waals surface area contributed by atoms with Gasteiger partial charge in [-0.05, 0) is 75.1 Å². The van der Waals surface area contributed by atoms with Crippen LogP contribution in [0.25, 0.3) is 0 Å². The summed E-state index contributed by atoms with van der Waals surface area (Å²) in [4.78, 5) is 13.1. The maximum absolute atomic E-state index is 13.0. The maximum atomic E-state index is 13.0. The highest BCUT2D eigenvalue weighted by Gasteiger charge is 2.40. The van der Waals surface area contributed by atoms with E-state index in [1.54, 1.807) is 12.1 Å². The molecule has 4 rings (SSSR count). The van der Waals surface area contributed by atoms with Crippen LogP contribution in [0.15, 0.2) is 53.4 Å². The molecule has 1 saturated carbocycles. The Bertz CT molecular complexity index is 1040. The highest BCUT2D eigenvalue weighted by Crippen LogP contribution is 2.41. The lowest BCUT2D eigenvalue weighted by Crippen LogP contribution is -2.50. The Morgan fingerprint density at radius 3 is 2.13 bits per heavy atom. The van der Waals surface area contributed by atoms with Gasteiger partial charge in [-0.3, -0.25) is 4.79 Å². The molecule has 166 valence electrons. The predicted octanol–water partition coefficient (Wildman–Crippen LogP) is 3.95. The molecule has 1 N–H and O–H groups in total. The normalized spacial score (nSPS) is 23.7. The average molecular weight is 463 g/mol. The van der Waals surface area contributed by atoms with Crippen LogP contribution in [0.5, 0.6) is 0 Å². The van der Waals surface area contributed by atoms with Crippen molar-refractivity contribution in [3.63, 3.8) is 0 Å². The lowest BCUT2D eigenvalue weighted by atomic mass is 9.71. The van der Waals surface area contributed by atoms with Gasteiger partial charge in [-0.1, -0.05) is 23.7 Å². The molecule has 1 aliphatic heterocycles. The summed E-state index contributed by atoms with van der Waals surface area (Å²) in [7, 11) is -3.64. The zero-order valence-corrected chi connectivity index (χ0v) is 19.2. The fourth-order valence-electron chi connectivity index (χ4n) is 4.33. The fourth-order valence-corrected chi connectivity index (χ4v) is 6.05. The lowest BCUT2D eigenvalue weighted by Gasteiger charge is -2.43. The van der Waals surface area contributed by atoms with Crippen molar-refractivity contribution >= 4 is 27.5 Å². The van der Waals surface area contributed by atoms with Crippen molar-refractivity contribution in [3.05, 3.63) is 64.7 Å². The largest absolute Gasteiger partial charge is 0.373 e. The second-order valence-electron chi connectivity index (χ2n) is 8.50. The molecule has 1 amide bonds. The summed E-state index contributed by atoms with van der Waals surface area (Å²) in [6.45, 7) is 4.36. The van der Waals surface area contributed by atoms with E-state index >= 15 is 0 Å². The lowest BCUT2D eigenvalue weighted by molar-refractivity contribution is -0.0440. The molecule has 2 atom stereocenters. The van der Waals surface area contributed by atoms with E-state index in [1.807, 2.05) is 38.1 Å². The molecule has 0 bridgehead atoms. The minimum Gasteiger partial charge on any atom is -0.373 e. The topological polar surface area (TPSA) is 75.7 Å². The van der Waals surface area contributed by atoms with E-state index in [2.05, 4.69) is 5.32 Å².